The van der Waals surface area contributed by atoms with Gasteiger partial charge in [0.1, 0.15) is 5.75 Å². The van der Waals surface area contributed by atoms with E-state index in [1.165, 1.54) is 61.3 Å². The molecule has 0 aromatic heterocycles. The third kappa shape index (κ3) is 4.55. The average Bonchev–Trinajstić information content (AvgIpc) is 2.65. The Hall–Kier alpha value is -2.29. The molecule has 0 heterocycles. The second-order valence-corrected chi connectivity index (χ2v) is 10.1. The first kappa shape index (κ1) is 21.0. The van der Waals surface area contributed by atoms with Gasteiger partial charge in [0.2, 0.25) is 0 Å². The van der Waals surface area contributed by atoms with Crippen LogP contribution in [-0.2, 0) is 16.6 Å². The minimum Gasteiger partial charge on any atom is -0.508 e. The first-order chi connectivity index (χ1) is 14.3. The highest BCUT2D eigenvalue weighted by Gasteiger charge is 2.52. The molecule has 5 rings (SSSR count). The molecule has 3 nitrogen and oxygen atoms in total. The Bertz CT molecular complexity index is 867. The van der Waals surface area contributed by atoms with E-state index in [9.17, 15) is 9.90 Å². The summed E-state index contributed by atoms with van der Waals surface area (Å²) in [7, 11) is 0. The van der Waals surface area contributed by atoms with Crippen LogP contribution in [0.1, 0.15) is 69.9 Å². The van der Waals surface area contributed by atoms with Crippen molar-refractivity contribution in [1.82, 2.24) is 0 Å². The van der Waals surface area contributed by atoms with Crippen molar-refractivity contribution in [2.45, 2.75) is 70.6 Å². The smallest absolute Gasteiger partial charge is 0.328 e. The lowest BCUT2D eigenvalue weighted by molar-refractivity contribution is -0.131. The Morgan fingerprint density at radius 1 is 1.10 bits per heavy atom. The van der Waals surface area contributed by atoms with Crippen LogP contribution in [0, 0.1) is 17.8 Å². The van der Waals surface area contributed by atoms with E-state index < -0.39 is 5.97 Å². The molecule has 160 valence electrons. The predicted octanol–water partition coefficient (Wildman–Crippen LogP) is 6.33. The fourth-order valence-corrected chi connectivity index (χ4v) is 6.64. The van der Waals surface area contributed by atoms with Gasteiger partial charge in [0.15, 0.2) is 0 Å². The Labute approximate surface area is 180 Å². The molecule has 4 bridgehead atoms. The normalized spacial score (nSPS) is 30.9. The van der Waals surface area contributed by atoms with Crippen molar-refractivity contribution >= 4 is 5.97 Å². The van der Waals surface area contributed by atoms with Crippen molar-refractivity contribution in [3.05, 3.63) is 64.8 Å². The van der Waals surface area contributed by atoms with Gasteiger partial charge in [0.25, 0.3) is 0 Å². The molecule has 0 amide bonds. The van der Waals surface area contributed by atoms with E-state index in [2.05, 4.69) is 25.1 Å². The van der Waals surface area contributed by atoms with Gasteiger partial charge in [0.05, 0.1) is 0 Å². The summed E-state index contributed by atoms with van der Waals surface area (Å²) < 4.78 is 0. The van der Waals surface area contributed by atoms with E-state index in [-0.39, 0.29) is 5.41 Å². The molecule has 0 aliphatic heterocycles. The van der Waals surface area contributed by atoms with Gasteiger partial charge in [0, 0.05) is 11.6 Å². The molecule has 4 fully saturated rings. The Morgan fingerprint density at radius 2 is 1.73 bits per heavy atom. The molecule has 1 aromatic rings. The highest BCUT2D eigenvalue weighted by atomic mass is 16.4. The number of allylic oxidation sites excluding steroid dienone is 5. The molecule has 4 aliphatic rings. The number of benzene rings is 1. The zero-order chi connectivity index (χ0) is 21.3. The Morgan fingerprint density at radius 3 is 2.33 bits per heavy atom. The molecule has 2 N–H and O–H groups in total. The van der Waals surface area contributed by atoms with Crippen LogP contribution < -0.4 is 0 Å². The van der Waals surface area contributed by atoms with E-state index in [1.807, 2.05) is 18.2 Å². The van der Waals surface area contributed by atoms with Crippen LogP contribution in [0.5, 0.6) is 5.75 Å². The third-order valence-corrected chi connectivity index (χ3v) is 7.57. The highest BCUT2D eigenvalue weighted by molar-refractivity contribution is 5.81. The topological polar surface area (TPSA) is 57.5 Å². The second kappa shape index (κ2) is 8.45. The molecule has 3 heteroatoms. The van der Waals surface area contributed by atoms with Crippen LogP contribution in [0.15, 0.2) is 53.6 Å². The summed E-state index contributed by atoms with van der Waals surface area (Å²) in [6, 6.07) is 6.29. The molecule has 4 aliphatic carbocycles. The highest BCUT2D eigenvalue weighted by Crippen LogP contribution is 2.61. The molecule has 0 atom stereocenters. The van der Waals surface area contributed by atoms with Crippen molar-refractivity contribution in [3.63, 3.8) is 0 Å². The predicted molar refractivity (Wildman–Crippen MR) is 121 cm³/mol. The van der Waals surface area contributed by atoms with Crippen LogP contribution in [-0.4, -0.2) is 16.2 Å². The largest absolute Gasteiger partial charge is 0.508 e. The van der Waals surface area contributed by atoms with Gasteiger partial charge in [-0.25, -0.2) is 4.79 Å². The van der Waals surface area contributed by atoms with E-state index in [0.717, 1.165) is 36.2 Å². The molecule has 0 radical (unpaired) electrons. The Balaban J connectivity index is 1.44. The molecular weight excluding hydrogens is 372 g/mol. The van der Waals surface area contributed by atoms with Crippen LogP contribution in [0.3, 0.4) is 0 Å². The standard InChI is InChI=1S/C27H34O3/c1-18(4-3-5-19(2)10-26(29)30)6-7-20-8-9-25(28)24(14-20)27-15-21-11-22(16-27)13-23(12-21)17-27/h3-5,8-10,14,21-23,28H,6-7,11-13,15-17H2,1-2H3,(H,29,30). The van der Waals surface area contributed by atoms with Crippen LogP contribution in [0.25, 0.3) is 0 Å². The van der Waals surface area contributed by atoms with E-state index in [4.69, 9.17) is 5.11 Å². The first-order valence-electron chi connectivity index (χ1n) is 11.4. The van der Waals surface area contributed by atoms with Crippen molar-refractivity contribution in [2.75, 3.05) is 0 Å². The van der Waals surface area contributed by atoms with Crippen molar-refractivity contribution in [3.8, 4) is 5.75 Å². The number of hydrogen-bond donors (Lipinski definition) is 2. The summed E-state index contributed by atoms with van der Waals surface area (Å²) in [5.74, 6) is 2.19. The summed E-state index contributed by atoms with van der Waals surface area (Å²) in [4.78, 5) is 10.7. The summed E-state index contributed by atoms with van der Waals surface area (Å²) in [5.41, 5.74) is 4.73. The first-order valence-corrected chi connectivity index (χ1v) is 11.4. The molecular formula is C27H34O3. The Kier molecular flexibility index (Phi) is 5.90. The molecule has 0 saturated heterocycles. The molecule has 0 spiro atoms. The number of hydrogen-bond acceptors (Lipinski definition) is 2. The monoisotopic (exact) mass is 406 g/mol. The fourth-order valence-electron chi connectivity index (χ4n) is 6.64. The van der Waals surface area contributed by atoms with Crippen LogP contribution >= 0.6 is 0 Å². The average molecular weight is 407 g/mol. The summed E-state index contributed by atoms with van der Waals surface area (Å²) >= 11 is 0. The van der Waals surface area contributed by atoms with Crippen LogP contribution in [0.4, 0.5) is 0 Å². The SMILES string of the molecule is CC(C=CC=C(C)CCc1ccc(O)c(C23CC4CC(CC(C4)C2)C3)c1)=CC(=O)O. The number of aryl methyl sites for hydroxylation is 1. The number of rotatable bonds is 7. The summed E-state index contributed by atoms with van der Waals surface area (Å²) in [6.45, 7) is 3.90. The van der Waals surface area contributed by atoms with E-state index in [1.54, 1.807) is 6.92 Å². The van der Waals surface area contributed by atoms with Crippen molar-refractivity contribution in [1.29, 1.82) is 0 Å². The van der Waals surface area contributed by atoms with E-state index in [0.29, 0.717) is 5.75 Å². The fraction of sp³-hybridized carbons (Fsp3) is 0.519. The minimum atomic E-state index is -0.917. The number of aliphatic carboxylic acids is 1. The van der Waals surface area contributed by atoms with Gasteiger partial charge in [-0.1, -0.05) is 35.9 Å². The molecule has 1 aromatic carbocycles. The summed E-state index contributed by atoms with van der Waals surface area (Å²) in [5, 5.41) is 19.5. The van der Waals surface area contributed by atoms with Crippen molar-refractivity contribution in [2.24, 2.45) is 17.8 Å². The quantitative estimate of drug-likeness (QED) is 0.411. The van der Waals surface area contributed by atoms with Gasteiger partial charge >= 0.3 is 5.97 Å². The van der Waals surface area contributed by atoms with Crippen LogP contribution in [0.2, 0.25) is 0 Å². The zero-order valence-corrected chi connectivity index (χ0v) is 18.2. The van der Waals surface area contributed by atoms with Gasteiger partial charge in [-0.2, -0.15) is 0 Å². The maximum atomic E-state index is 10.7. The van der Waals surface area contributed by atoms with Gasteiger partial charge < -0.3 is 10.2 Å². The maximum Gasteiger partial charge on any atom is 0.328 e. The zero-order valence-electron chi connectivity index (χ0n) is 18.2. The second-order valence-electron chi connectivity index (χ2n) is 10.1. The molecule has 30 heavy (non-hydrogen) atoms. The number of phenols is 1. The minimum absolute atomic E-state index is 0.219. The van der Waals surface area contributed by atoms with Gasteiger partial charge in [-0.3, -0.25) is 0 Å². The van der Waals surface area contributed by atoms with Crippen molar-refractivity contribution < 1.29 is 15.0 Å². The lowest BCUT2D eigenvalue weighted by Gasteiger charge is -2.57. The maximum absolute atomic E-state index is 10.7. The number of carboxylic acid groups (broad SMARTS) is 1. The molecule has 0 unspecified atom stereocenters. The van der Waals surface area contributed by atoms with E-state index >= 15 is 0 Å². The molecule has 4 saturated carbocycles. The summed E-state index contributed by atoms with van der Waals surface area (Å²) in [6.07, 6.45) is 17.0. The van der Waals surface area contributed by atoms with Gasteiger partial charge in [-0.15, -0.1) is 0 Å². The lowest BCUT2D eigenvalue weighted by atomic mass is 9.48. The number of carbonyl (C=O) groups is 1. The number of phenolic OH excluding ortho intramolecular Hbond substituents is 1. The number of carboxylic acids is 1. The third-order valence-electron chi connectivity index (χ3n) is 7.57. The van der Waals surface area contributed by atoms with Gasteiger partial charge in [-0.05, 0) is 106 Å². The lowest BCUT2D eigenvalue weighted by Crippen LogP contribution is -2.48. The number of aromatic hydroxyl groups is 1.